The molecule has 0 saturated heterocycles. The molecule has 0 saturated carbocycles. The number of hydrogen-bond acceptors (Lipinski definition) is 11. The molecule has 4 N–H and O–H groups in total. The molecular formula is C38H24N8O8. The van der Waals surface area contributed by atoms with Crippen molar-refractivity contribution in [3.8, 4) is 0 Å². The summed E-state index contributed by atoms with van der Waals surface area (Å²) in [4.78, 5) is 76.3. The summed E-state index contributed by atoms with van der Waals surface area (Å²) in [6, 6.07) is 19.2. The third-order valence-corrected chi connectivity index (χ3v) is 11.2. The van der Waals surface area contributed by atoms with Crippen LogP contribution in [0.25, 0.3) is 10.8 Å². The van der Waals surface area contributed by atoms with Gasteiger partial charge in [0.1, 0.15) is 35.0 Å². The number of carboxylic acid groups (broad SMARTS) is 4. The molecule has 264 valence electrons. The minimum atomic E-state index is -1.12. The summed E-state index contributed by atoms with van der Waals surface area (Å²) < 4.78 is 1.78. The lowest BCUT2D eigenvalue weighted by Gasteiger charge is -2.53. The van der Waals surface area contributed by atoms with Crippen molar-refractivity contribution in [2.75, 3.05) is 0 Å². The highest BCUT2D eigenvalue weighted by atomic mass is 16.4. The van der Waals surface area contributed by atoms with E-state index in [1.807, 2.05) is 9.80 Å². The van der Waals surface area contributed by atoms with Crippen LogP contribution in [0.15, 0.2) is 92.8 Å². The lowest BCUT2D eigenvalue weighted by Crippen LogP contribution is -2.64. The van der Waals surface area contributed by atoms with E-state index in [0.717, 1.165) is 5.56 Å². The fourth-order valence-electron chi connectivity index (χ4n) is 8.90. The molecule has 7 heterocycles. The number of carboxylic acids is 4. The minimum Gasteiger partial charge on any atom is -0.478 e. The van der Waals surface area contributed by atoms with Gasteiger partial charge in [0.25, 0.3) is 0 Å². The van der Waals surface area contributed by atoms with Crippen molar-refractivity contribution < 1.29 is 39.6 Å². The summed E-state index contributed by atoms with van der Waals surface area (Å²) >= 11 is 0. The second kappa shape index (κ2) is 10.0. The molecule has 5 aromatic rings. The maximum absolute atomic E-state index is 12.4. The van der Waals surface area contributed by atoms with Crippen LogP contribution in [0.5, 0.6) is 0 Å². The fraction of sp³-hybridized carbons (Fsp3) is 0.158. The van der Waals surface area contributed by atoms with Crippen molar-refractivity contribution >= 4 is 46.3 Å². The molecule has 0 fully saturated rings. The standard InChI is InChI=1S/C38H24N8O8/c1-43-26-18-6-2-14(34(47)48)10-22(18)27(43)40-28-19-7-3-16(36(51)52)12-24(19)32-42-30-21-9-5-17(37(53)54)13-25(21)33-41-29-20-8-4-15(35(49)50)11-23(20)31(39-26)45(29)38(44(28)32)46(30)33/h2-13,28,30-31,33,38H,1H3,(H,47,48)(H,49,50)(H,51,52)(H,53,54)/b39-26-,40-27-. The second-order valence-electron chi connectivity index (χ2n) is 13.9. The van der Waals surface area contributed by atoms with Gasteiger partial charge in [-0.2, -0.15) is 0 Å². The summed E-state index contributed by atoms with van der Waals surface area (Å²) in [5, 5.41) is 41.3. The van der Waals surface area contributed by atoms with E-state index in [4.69, 9.17) is 20.0 Å². The first kappa shape index (κ1) is 30.4. The van der Waals surface area contributed by atoms with Gasteiger partial charge in [0, 0.05) is 40.1 Å². The molecule has 54 heavy (non-hydrogen) atoms. The molecule has 0 aliphatic carbocycles. The average Bonchev–Trinajstić information content (AvgIpc) is 3.83. The Bertz CT molecular complexity index is 2900. The molecule has 0 spiro atoms. The van der Waals surface area contributed by atoms with Crippen LogP contribution in [0.4, 0.5) is 0 Å². The molecule has 11 rings (SSSR count). The van der Waals surface area contributed by atoms with Gasteiger partial charge in [-0.05, 0) is 71.8 Å². The molecule has 6 aliphatic heterocycles. The zero-order valence-electron chi connectivity index (χ0n) is 27.8. The molecule has 16 nitrogen and oxygen atoms in total. The zero-order valence-corrected chi connectivity index (χ0v) is 27.8. The quantitative estimate of drug-likeness (QED) is 0.212. The Morgan fingerprint density at radius 3 is 1.67 bits per heavy atom. The highest BCUT2D eigenvalue weighted by Crippen LogP contribution is 2.57. The Morgan fingerprint density at radius 1 is 0.500 bits per heavy atom. The number of aromatic nitrogens is 1. The number of carbonyl (C=O) groups is 4. The lowest BCUT2D eigenvalue weighted by atomic mass is 10.0. The van der Waals surface area contributed by atoms with Gasteiger partial charge in [0.2, 0.25) is 0 Å². The molecule has 0 amide bonds. The van der Waals surface area contributed by atoms with Crippen LogP contribution in [-0.2, 0) is 7.05 Å². The minimum absolute atomic E-state index is 0.0471. The third kappa shape index (κ3) is 3.68. The monoisotopic (exact) mass is 720 g/mol. The van der Waals surface area contributed by atoms with Gasteiger partial charge >= 0.3 is 23.9 Å². The molecule has 4 aromatic carbocycles. The molecule has 5 atom stereocenters. The Hall–Kier alpha value is -7.20. The second-order valence-corrected chi connectivity index (χ2v) is 13.9. The van der Waals surface area contributed by atoms with Crippen LogP contribution in [-0.4, -0.2) is 81.5 Å². The summed E-state index contributed by atoms with van der Waals surface area (Å²) in [6.45, 7) is 0. The van der Waals surface area contributed by atoms with Crippen molar-refractivity contribution in [3.05, 3.63) is 139 Å². The van der Waals surface area contributed by atoms with E-state index in [2.05, 4.69) is 4.90 Å². The van der Waals surface area contributed by atoms with E-state index in [0.29, 0.717) is 61.2 Å². The first-order chi connectivity index (χ1) is 26.0. The first-order valence-electron chi connectivity index (χ1n) is 16.9. The van der Waals surface area contributed by atoms with Crippen LogP contribution < -0.4 is 11.0 Å². The Morgan fingerprint density at radius 2 is 1.00 bits per heavy atom. The van der Waals surface area contributed by atoms with Gasteiger partial charge in [-0.15, -0.1) is 0 Å². The molecule has 2 bridgehead atoms. The fourth-order valence-corrected chi connectivity index (χ4v) is 8.90. The molecular weight excluding hydrogens is 696 g/mol. The molecule has 16 heteroatoms. The van der Waals surface area contributed by atoms with E-state index in [1.165, 1.54) is 24.3 Å². The predicted octanol–water partition coefficient (Wildman–Crippen LogP) is 3.07. The van der Waals surface area contributed by atoms with E-state index >= 15 is 0 Å². The van der Waals surface area contributed by atoms with Gasteiger partial charge in [0.15, 0.2) is 18.6 Å². The van der Waals surface area contributed by atoms with Crippen LogP contribution in [0, 0.1) is 0 Å². The lowest BCUT2D eigenvalue weighted by molar-refractivity contribution is -0.0902. The van der Waals surface area contributed by atoms with Crippen molar-refractivity contribution in [2.45, 2.75) is 31.0 Å². The highest BCUT2D eigenvalue weighted by molar-refractivity contribution is 6.08. The number of fused-ring (bicyclic) bond motifs is 14. The third-order valence-electron chi connectivity index (χ3n) is 11.2. The number of hydrogen-bond donors (Lipinski definition) is 4. The van der Waals surface area contributed by atoms with Crippen LogP contribution in [0.2, 0.25) is 0 Å². The van der Waals surface area contributed by atoms with Gasteiger partial charge < -0.3 is 25.0 Å². The van der Waals surface area contributed by atoms with Gasteiger partial charge in [-0.3, -0.25) is 9.80 Å². The Kier molecular flexibility index (Phi) is 5.64. The highest BCUT2D eigenvalue weighted by Gasteiger charge is 2.60. The molecule has 5 unspecified atom stereocenters. The number of nitrogens with zero attached hydrogens (tertiary/aromatic N) is 8. The molecule has 6 aliphatic rings. The van der Waals surface area contributed by atoms with E-state index in [1.54, 1.807) is 60.1 Å². The smallest absolute Gasteiger partial charge is 0.335 e. The number of amidine groups is 2. The summed E-state index contributed by atoms with van der Waals surface area (Å²) in [5.74, 6) is -3.50. The largest absolute Gasteiger partial charge is 0.478 e. The summed E-state index contributed by atoms with van der Waals surface area (Å²) in [5.41, 5.74) is 4.95. The maximum Gasteiger partial charge on any atom is 0.335 e. The van der Waals surface area contributed by atoms with Crippen molar-refractivity contribution in [1.82, 2.24) is 19.3 Å². The van der Waals surface area contributed by atoms with Crippen LogP contribution >= 0.6 is 0 Å². The van der Waals surface area contributed by atoms with Crippen LogP contribution in [0.1, 0.15) is 99.5 Å². The molecule has 1 aromatic heterocycles. The number of benzene rings is 4. The number of aliphatic imine (C=N–C) groups is 2. The van der Waals surface area contributed by atoms with Gasteiger partial charge in [-0.1, -0.05) is 12.1 Å². The zero-order chi connectivity index (χ0) is 37.1. The Labute approximate surface area is 302 Å². The number of aromatic carboxylic acids is 4. The SMILES string of the molecule is Cn1/c2c3ccc(C(=O)O)cc3/c1=N/C1c3ccc(C(=O)O)cc3C3=NC4c5ccc(C(=O)O)cc5C5N=C6c7ccc(C(=O)O)cc7C(/N=2)N6C(N31)N54. The molecule has 0 radical (unpaired) electrons. The predicted molar refractivity (Wildman–Crippen MR) is 186 cm³/mol. The van der Waals surface area contributed by atoms with Crippen molar-refractivity contribution in [3.63, 3.8) is 0 Å². The van der Waals surface area contributed by atoms with Gasteiger partial charge in [-0.25, -0.2) is 44.0 Å². The Balaban J connectivity index is 1.29. The van der Waals surface area contributed by atoms with Crippen molar-refractivity contribution in [1.29, 1.82) is 0 Å². The van der Waals surface area contributed by atoms with Gasteiger partial charge in [0.05, 0.1) is 22.3 Å². The maximum atomic E-state index is 12.4. The van der Waals surface area contributed by atoms with Crippen LogP contribution in [0.3, 0.4) is 0 Å². The number of rotatable bonds is 4. The van der Waals surface area contributed by atoms with E-state index in [9.17, 15) is 39.6 Å². The normalized spacial score (nSPS) is 24.6. The average molecular weight is 721 g/mol. The van der Waals surface area contributed by atoms with E-state index < -0.39 is 54.8 Å². The van der Waals surface area contributed by atoms with Crippen molar-refractivity contribution in [2.24, 2.45) is 27.0 Å². The first-order valence-corrected chi connectivity index (χ1v) is 16.9. The summed E-state index contributed by atoms with van der Waals surface area (Å²) in [7, 11) is 1.78. The summed E-state index contributed by atoms with van der Waals surface area (Å²) in [6.07, 6.45) is -3.82. The van der Waals surface area contributed by atoms with E-state index in [-0.39, 0.29) is 22.3 Å². The topological polar surface area (TPSA) is 213 Å².